The third-order valence-electron chi connectivity index (χ3n) is 11.4. The number of nitrogens with zero attached hydrogens (tertiary/aromatic N) is 2. The Morgan fingerprint density at radius 3 is 1.66 bits per heavy atom. The third kappa shape index (κ3) is 5.05. The summed E-state index contributed by atoms with van der Waals surface area (Å²) in [5.74, 6) is 0.688. The summed E-state index contributed by atoms with van der Waals surface area (Å²) in [6, 6.07) is 73.4. The molecule has 0 saturated carbocycles. The van der Waals surface area contributed by atoms with E-state index >= 15 is 0 Å². The van der Waals surface area contributed by atoms with Gasteiger partial charge in [-0.3, -0.25) is 0 Å². The molecule has 1 aliphatic rings. The summed E-state index contributed by atoms with van der Waals surface area (Å²) in [4.78, 5) is 10.3. The van der Waals surface area contributed by atoms with E-state index in [2.05, 4.69) is 170 Å². The zero-order valence-electron chi connectivity index (χ0n) is 30.4. The molecule has 262 valence electrons. The van der Waals surface area contributed by atoms with Crippen molar-refractivity contribution in [1.29, 1.82) is 0 Å². The zero-order valence-corrected chi connectivity index (χ0v) is 30.4. The van der Waals surface area contributed by atoms with Gasteiger partial charge in [0.25, 0.3) is 0 Å². The molecule has 0 amide bonds. The van der Waals surface area contributed by atoms with E-state index in [1.807, 2.05) is 36.4 Å². The fraction of sp³-hybridized carbons (Fsp3) is 0.0189. The molecule has 10 aromatic rings. The highest BCUT2D eigenvalue weighted by atomic mass is 16.3. The zero-order chi connectivity index (χ0) is 37.1. The van der Waals surface area contributed by atoms with E-state index in [1.165, 1.54) is 33.4 Å². The van der Waals surface area contributed by atoms with E-state index in [0.29, 0.717) is 5.82 Å². The van der Waals surface area contributed by atoms with Crippen molar-refractivity contribution in [2.75, 3.05) is 0 Å². The Hall–Kier alpha value is -7.36. The van der Waals surface area contributed by atoms with Gasteiger partial charge in [0.15, 0.2) is 5.82 Å². The Balaban J connectivity index is 1.06. The Kier molecular flexibility index (Phi) is 7.39. The van der Waals surface area contributed by atoms with Crippen molar-refractivity contribution < 1.29 is 4.42 Å². The number of furan rings is 1. The molecule has 0 bridgehead atoms. The van der Waals surface area contributed by atoms with Gasteiger partial charge < -0.3 is 4.42 Å². The van der Waals surface area contributed by atoms with E-state index in [-0.39, 0.29) is 0 Å². The van der Waals surface area contributed by atoms with Crippen LogP contribution in [0, 0.1) is 0 Å². The molecule has 0 saturated heterocycles. The molecule has 0 unspecified atom stereocenters. The molecule has 11 rings (SSSR count). The van der Waals surface area contributed by atoms with Crippen LogP contribution in [0.4, 0.5) is 0 Å². The van der Waals surface area contributed by atoms with Gasteiger partial charge >= 0.3 is 0 Å². The van der Waals surface area contributed by atoms with Gasteiger partial charge in [-0.2, -0.15) is 0 Å². The Morgan fingerprint density at radius 1 is 0.339 bits per heavy atom. The number of rotatable bonds is 6. The quantitative estimate of drug-likeness (QED) is 0.172. The molecule has 0 aliphatic heterocycles. The van der Waals surface area contributed by atoms with Gasteiger partial charge in [0.1, 0.15) is 11.2 Å². The lowest BCUT2D eigenvalue weighted by molar-refractivity contribution is 0.669. The second-order valence-electron chi connectivity index (χ2n) is 14.5. The van der Waals surface area contributed by atoms with Gasteiger partial charge in [-0.1, -0.05) is 164 Å². The Labute approximate surface area is 325 Å². The smallest absolute Gasteiger partial charge is 0.160 e. The van der Waals surface area contributed by atoms with Crippen LogP contribution in [0.25, 0.3) is 78.1 Å². The Bertz CT molecular complexity index is 3040. The van der Waals surface area contributed by atoms with Crippen molar-refractivity contribution in [3.8, 4) is 56.2 Å². The normalized spacial score (nSPS) is 12.8. The number of benzene rings is 8. The Morgan fingerprint density at radius 2 is 0.893 bits per heavy atom. The summed E-state index contributed by atoms with van der Waals surface area (Å²) < 4.78 is 6.16. The van der Waals surface area contributed by atoms with Crippen molar-refractivity contribution in [2.45, 2.75) is 5.41 Å². The topological polar surface area (TPSA) is 38.9 Å². The maximum absolute atomic E-state index is 6.16. The van der Waals surface area contributed by atoms with Crippen LogP contribution in [0.1, 0.15) is 22.3 Å². The first kappa shape index (κ1) is 32.1. The van der Waals surface area contributed by atoms with Crippen molar-refractivity contribution in [3.63, 3.8) is 0 Å². The van der Waals surface area contributed by atoms with Crippen LogP contribution in [0.15, 0.2) is 211 Å². The second-order valence-corrected chi connectivity index (χ2v) is 14.5. The summed E-state index contributed by atoms with van der Waals surface area (Å²) in [6.45, 7) is 0. The molecule has 0 N–H and O–H groups in total. The van der Waals surface area contributed by atoms with Crippen LogP contribution in [-0.2, 0) is 5.41 Å². The molecule has 56 heavy (non-hydrogen) atoms. The van der Waals surface area contributed by atoms with Crippen LogP contribution in [-0.4, -0.2) is 9.97 Å². The molecule has 0 fully saturated rings. The molecule has 2 heterocycles. The summed E-state index contributed by atoms with van der Waals surface area (Å²) in [6.07, 6.45) is 0. The average Bonchev–Trinajstić information content (AvgIpc) is 3.80. The number of hydrogen-bond acceptors (Lipinski definition) is 3. The minimum atomic E-state index is -0.425. The van der Waals surface area contributed by atoms with Crippen molar-refractivity contribution in [3.05, 3.63) is 229 Å². The molecule has 1 aliphatic carbocycles. The molecular formula is C53H34N2O. The first-order chi connectivity index (χ1) is 27.7. The summed E-state index contributed by atoms with van der Waals surface area (Å²) in [5.41, 5.74) is 16.0. The monoisotopic (exact) mass is 714 g/mol. The van der Waals surface area contributed by atoms with E-state index in [9.17, 15) is 0 Å². The van der Waals surface area contributed by atoms with Gasteiger partial charge in [0.2, 0.25) is 0 Å². The molecule has 0 atom stereocenters. The number of para-hydroxylation sites is 1. The molecule has 3 heteroatoms. The van der Waals surface area contributed by atoms with Crippen LogP contribution < -0.4 is 0 Å². The van der Waals surface area contributed by atoms with Gasteiger partial charge in [0, 0.05) is 27.5 Å². The SMILES string of the molecule is c1ccc(-c2nc(-c3cccc(-c4ccc5c(c4)-c4ccccc4C5(c4ccccc4)c4ccccc4)c3)cc(-c3ccc4oc5ccccc5c4c3)n2)cc1. The van der Waals surface area contributed by atoms with Crippen LogP contribution >= 0.6 is 0 Å². The fourth-order valence-electron chi connectivity index (χ4n) is 8.83. The maximum Gasteiger partial charge on any atom is 0.160 e. The van der Waals surface area contributed by atoms with Crippen LogP contribution in [0.2, 0.25) is 0 Å². The molecular weight excluding hydrogens is 681 g/mol. The van der Waals surface area contributed by atoms with Crippen molar-refractivity contribution >= 4 is 21.9 Å². The highest BCUT2D eigenvalue weighted by Crippen LogP contribution is 2.56. The molecule has 2 aromatic heterocycles. The highest BCUT2D eigenvalue weighted by molar-refractivity contribution is 6.06. The third-order valence-corrected chi connectivity index (χ3v) is 11.4. The first-order valence-corrected chi connectivity index (χ1v) is 19.1. The lowest BCUT2D eigenvalue weighted by Gasteiger charge is -2.33. The lowest BCUT2D eigenvalue weighted by Crippen LogP contribution is -2.28. The van der Waals surface area contributed by atoms with Gasteiger partial charge in [0.05, 0.1) is 16.8 Å². The van der Waals surface area contributed by atoms with Gasteiger partial charge in [-0.25, -0.2) is 9.97 Å². The van der Waals surface area contributed by atoms with Crippen molar-refractivity contribution in [2.24, 2.45) is 0 Å². The summed E-state index contributed by atoms with van der Waals surface area (Å²) >= 11 is 0. The standard InChI is InChI=1S/C53H34N2O/c1-4-15-35(16-5-1)52-54-48(34-49(55-52)39-28-30-51-45(33-39)43-24-11-13-26-50(43)56-51)38-18-14-17-36(31-38)37-27-29-47-44(32-37)42-23-10-12-25-46(42)53(47,40-19-6-2-7-20-40)41-21-8-3-9-22-41/h1-34H. The van der Waals surface area contributed by atoms with Crippen LogP contribution in [0.5, 0.6) is 0 Å². The van der Waals surface area contributed by atoms with E-state index < -0.39 is 5.41 Å². The van der Waals surface area contributed by atoms with Crippen LogP contribution in [0.3, 0.4) is 0 Å². The largest absolute Gasteiger partial charge is 0.456 e. The summed E-state index contributed by atoms with van der Waals surface area (Å²) in [7, 11) is 0. The summed E-state index contributed by atoms with van der Waals surface area (Å²) in [5, 5.41) is 2.17. The molecule has 0 spiro atoms. The van der Waals surface area contributed by atoms with E-state index in [1.54, 1.807) is 0 Å². The maximum atomic E-state index is 6.16. The van der Waals surface area contributed by atoms with Gasteiger partial charge in [-0.05, 0) is 87.0 Å². The molecule has 8 aromatic carbocycles. The highest BCUT2D eigenvalue weighted by Gasteiger charge is 2.45. The predicted octanol–water partition coefficient (Wildman–Crippen LogP) is 13.4. The predicted molar refractivity (Wildman–Crippen MR) is 228 cm³/mol. The number of fused-ring (bicyclic) bond motifs is 6. The lowest BCUT2D eigenvalue weighted by atomic mass is 9.67. The first-order valence-electron chi connectivity index (χ1n) is 19.1. The average molecular weight is 715 g/mol. The minimum Gasteiger partial charge on any atom is -0.456 e. The van der Waals surface area contributed by atoms with Crippen molar-refractivity contribution in [1.82, 2.24) is 9.97 Å². The molecule has 3 nitrogen and oxygen atoms in total. The second kappa shape index (κ2) is 12.9. The van der Waals surface area contributed by atoms with E-state index in [0.717, 1.165) is 61.1 Å². The fourth-order valence-corrected chi connectivity index (χ4v) is 8.83. The minimum absolute atomic E-state index is 0.425. The van der Waals surface area contributed by atoms with E-state index in [4.69, 9.17) is 14.4 Å². The number of aromatic nitrogens is 2. The molecule has 0 radical (unpaired) electrons. The van der Waals surface area contributed by atoms with Gasteiger partial charge in [-0.15, -0.1) is 0 Å². The number of hydrogen-bond donors (Lipinski definition) is 0.